The van der Waals surface area contributed by atoms with E-state index in [0.29, 0.717) is 5.57 Å². The molecule has 13 heavy (non-hydrogen) atoms. The van der Waals surface area contributed by atoms with E-state index < -0.39 is 6.04 Å². The Morgan fingerprint density at radius 1 is 1.54 bits per heavy atom. The van der Waals surface area contributed by atoms with Crippen LogP contribution in [0.4, 0.5) is 0 Å². The smallest absolute Gasteiger partial charge is 0.247 e. The zero-order valence-electron chi connectivity index (χ0n) is 8.64. The van der Waals surface area contributed by atoms with Crippen molar-refractivity contribution in [3.05, 3.63) is 11.1 Å². The van der Waals surface area contributed by atoms with Gasteiger partial charge in [0.15, 0.2) is 0 Å². The molecule has 72 valence electrons. The molecule has 0 bridgehead atoms. The third kappa shape index (κ3) is 3.75. The van der Waals surface area contributed by atoms with Gasteiger partial charge in [-0.25, -0.2) is 0 Å². The van der Waals surface area contributed by atoms with Gasteiger partial charge in [0.2, 0.25) is 5.91 Å². The van der Waals surface area contributed by atoms with Crippen LogP contribution in [-0.2, 0) is 4.79 Å². The standard InChI is InChI=1S/C10H16N2O/c1-5-7(2)9(4)10(13)12-8(3)6-11/h8H,5H2,1-4H3,(H,12,13)/b9-7+/t8-/m0/s1. The monoisotopic (exact) mass is 180 g/mol. The molecule has 0 radical (unpaired) electrons. The van der Waals surface area contributed by atoms with Crippen molar-refractivity contribution in [2.24, 2.45) is 0 Å². The molecule has 0 aliphatic carbocycles. The lowest BCUT2D eigenvalue weighted by Gasteiger charge is -2.08. The molecular weight excluding hydrogens is 164 g/mol. The first kappa shape index (κ1) is 11.7. The summed E-state index contributed by atoms with van der Waals surface area (Å²) >= 11 is 0. The average Bonchev–Trinajstić information content (AvgIpc) is 2.14. The predicted octanol–water partition coefficient (Wildman–Crippen LogP) is 1.76. The normalized spacial score (nSPS) is 14.1. The third-order valence-electron chi connectivity index (χ3n) is 2.05. The maximum atomic E-state index is 11.4. The second kappa shape index (κ2) is 5.36. The quantitative estimate of drug-likeness (QED) is 0.673. The van der Waals surface area contributed by atoms with Crippen LogP contribution in [-0.4, -0.2) is 11.9 Å². The van der Waals surface area contributed by atoms with Crippen LogP contribution in [0, 0.1) is 11.3 Å². The second-order valence-corrected chi connectivity index (χ2v) is 3.08. The van der Waals surface area contributed by atoms with E-state index in [1.54, 1.807) is 13.8 Å². The number of rotatable bonds is 3. The van der Waals surface area contributed by atoms with E-state index in [0.717, 1.165) is 12.0 Å². The van der Waals surface area contributed by atoms with E-state index in [1.165, 1.54) is 0 Å². The molecule has 1 amide bonds. The minimum atomic E-state index is -0.424. The molecule has 0 heterocycles. The highest BCUT2D eigenvalue weighted by molar-refractivity contribution is 5.93. The molecule has 0 saturated carbocycles. The van der Waals surface area contributed by atoms with Crippen LogP contribution in [0.2, 0.25) is 0 Å². The van der Waals surface area contributed by atoms with E-state index in [-0.39, 0.29) is 5.91 Å². The van der Waals surface area contributed by atoms with Crippen LogP contribution in [0.3, 0.4) is 0 Å². The molecule has 0 fully saturated rings. The highest BCUT2D eigenvalue weighted by Crippen LogP contribution is 2.06. The largest absolute Gasteiger partial charge is 0.337 e. The van der Waals surface area contributed by atoms with Gasteiger partial charge in [-0.05, 0) is 27.2 Å². The summed E-state index contributed by atoms with van der Waals surface area (Å²) in [6.07, 6.45) is 0.861. The van der Waals surface area contributed by atoms with Crippen LogP contribution >= 0.6 is 0 Å². The summed E-state index contributed by atoms with van der Waals surface area (Å²) in [7, 11) is 0. The van der Waals surface area contributed by atoms with E-state index in [9.17, 15) is 4.79 Å². The van der Waals surface area contributed by atoms with Crippen molar-refractivity contribution in [3.63, 3.8) is 0 Å². The summed E-state index contributed by atoms with van der Waals surface area (Å²) < 4.78 is 0. The topological polar surface area (TPSA) is 52.9 Å². The number of nitriles is 1. The third-order valence-corrected chi connectivity index (χ3v) is 2.05. The van der Waals surface area contributed by atoms with Gasteiger partial charge in [-0.1, -0.05) is 12.5 Å². The summed E-state index contributed by atoms with van der Waals surface area (Å²) in [5.41, 5.74) is 1.77. The molecule has 0 saturated heterocycles. The van der Waals surface area contributed by atoms with Crippen LogP contribution in [0.15, 0.2) is 11.1 Å². The lowest BCUT2D eigenvalue weighted by molar-refractivity contribution is -0.117. The van der Waals surface area contributed by atoms with Crippen molar-refractivity contribution < 1.29 is 4.79 Å². The lowest BCUT2D eigenvalue weighted by atomic mass is 10.1. The molecule has 1 N–H and O–H groups in total. The molecule has 1 atom stereocenters. The Bertz CT molecular complexity index is 261. The first-order valence-corrected chi connectivity index (χ1v) is 4.39. The van der Waals surface area contributed by atoms with Crippen LogP contribution in [0.25, 0.3) is 0 Å². The van der Waals surface area contributed by atoms with Crippen molar-refractivity contribution in [3.8, 4) is 6.07 Å². The number of nitrogens with one attached hydrogen (secondary N) is 1. The van der Waals surface area contributed by atoms with Gasteiger partial charge >= 0.3 is 0 Å². The van der Waals surface area contributed by atoms with Crippen LogP contribution < -0.4 is 5.32 Å². The Morgan fingerprint density at radius 3 is 2.46 bits per heavy atom. The highest BCUT2D eigenvalue weighted by Gasteiger charge is 2.09. The molecule has 3 heteroatoms. The lowest BCUT2D eigenvalue weighted by Crippen LogP contribution is -2.32. The zero-order chi connectivity index (χ0) is 10.4. The molecular formula is C10H16N2O. The Labute approximate surface area is 79.4 Å². The van der Waals surface area contributed by atoms with E-state index in [2.05, 4.69) is 5.32 Å². The fourth-order valence-electron chi connectivity index (χ4n) is 0.796. The number of carbonyl (C=O) groups is 1. The first-order chi connectivity index (χ1) is 6.02. The number of hydrogen-bond donors (Lipinski definition) is 1. The molecule has 0 aromatic carbocycles. The van der Waals surface area contributed by atoms with Crippen LogP contribution in [0.5, 0.6) is 0 Å². The molecule has 0 rings (SSSR count). The van der Waals surface area contributed by atoms with Crippen molar-refractivity contribution in [1.29, 1.82) is 5.26 Å². The highest BCUT2D eigenvalue weighted by atomic mass is 16.1. The summed E-state index contributed by atoms with van der Waals surface area (Å²) in [6, 6.07) is 1.53. The molecule has 0 aliphatic heterocycles. The number of nitrogens with zero attached hydrogens (tertiary/aromatic N) is 1. The number of allylic oxidation sites excluding steroid dienone is 1. The summed E-state index contributed by atoms with van der Waals surface area (Å²) in [5.74, 6) is -0.145. The SMILES string of the molecule is CC/C(C)=C(\C)C(=O)N[C@@H](C)C#N. The van der Waals surface area contributed by atoms with Gasteiger partial charge < -0.3 is 5.32 Å². The fraction of sp³-hybridized carbons (Fsp3) is 0.600. The number of carbonyl (C=O) groups excluding carboxylic acids is 1. The van der Waals surface area contributed by atoms with E-state index in [4.69, 9.17) is 5.26 Å². The molecule has 3 nitrogen and oxygen atoms in total. The van der Waals surface area contributed by atoms with E-state index in [1.807, 2.05) is 19.9 Å². The Morgan fingerprint density at radius 2 is 2.08 bits per heavy atom. The van der Waals surface area contributed by atoms with Crippen LogP contribution in [0.1, 0.15) is 34.1 Å². The predicted molar refractivity (Wildman–Crippen MR) is 51.9 cm³/mol. The number of amides is 1. The summed E-state index contributed by atoms with van der Waals surface area (Å²) in [5, 5.41) is 11.1. The maximum absolute atomic E-state index is 11.4. The zero-order valence-corrected chi connectivity index (χ0v) is 8.64. The minimum Gasteiger partial charge on any atom is -0.337 e. The minimum absolute atomic E-state index is 0.145. The number of hydrogen-bond acceptors (Lipinski definition) is 2. The maximum Gasteiger partial charge on any atom is 0.247 e. The molecule has 0 aromatic rings. The van der Waals surface area contributed by atoms with Gasteiger partial charge in [0.25, 0.3) is 0 Å². The Balaban J connectivity index is 4.38. The van der Waals surface area contributed by atoms with Gasteiger partial charge in [0, 0.05) is 5.57 Å². The molecule has 0 spiro atoms. The Hall–Kier alpha value is -1.30. The molecule has 0 aromatic heterocycles. The molecule has 0 aliphatic rings. The van der Waals surface area contributed by atoms with Gasteiger partial charge in [-0.15, -0.1) is 0 Å². The van der Waals surface area contributed by atoms with Gasteiger partial charge in [0.1, 0.15) is 6.04 Å². The fourth-order valence-corrected chi connectivity index (χ4v) is 0.796. The van der Waals surface area contributed by atoms with Gasteiger partial charge in [0.05, 0.1) is 6.07 Å². The van der Waals surface area contributed by atoms with Crippen molar-refractivity contribution in [2.45, 2.75) is 40.2 Å². The summed E-state index contributed by atoms with van der Waals surface area (Å²) in [4.78, 5) is 11.4. The van der Waals surface area contributed by atoms with Gasteiger partial charge in [-0.3, -0.25) is 4.79 Å². The van der Waals surface area contributed by atoms with E-state index >= 15 is 0 Å². The van der Waals surface area contributed by atoms with Crippen molar-refractivity contribution in [2.75, 3.05) is 0 Å². The average molecular weight is 180 g/mol. The second-order valence-electron chi connectivity index (χ2n) is 3.08. The Kier molecular flexibility index (Phi) is 4.83. The van der Waals surface area contributed by atoms with Crippen molar-refractivity contribution in [1.82, 2.24) is 5.32 Å². The summed E-state index contributed by atoms with van der Waals surface area (Å²) in [6.45, 7) is 7.36. The molecule has 0 unspecified atom stereocenters. The van der Waals surface area contributed by atoms with Gasteiger partial charge in [-0.2, -0.15) is 5.26 Å². The van der Waals surface area contributed by atoms with Crippen molar-refractivity contribution >= 4 is 5.91 Å². The first-order valence-electron chi connectivity index (χ1n) is 4.39.